The summed E-state index contributed by atoms with van der Waals surface area (Å²) >= 11 is 0. The average molecular weight is 149 g/mol. The Labute approximate surface area is 66.1 Å². The Morgan fingerprint density at radius 1 is 1.45 bits per heavy atom. The van der Waals surface area contributed by atoms with Crippen molar-refractivity contribution in [2.75, 3.05) is 0 Å². The van der Waals surface area contributed by atoms with Gasteiger partial charge in [0.15, 0.2) is 0 Å². The molecule has 0 saturated heterocycles. The van der Waals surface area contributed by atoms with E-state index < -0.39 is 0 Å². The second kappa shape index (κ2) is 2.19. The van der Waals surface area contributed by atoms with Gasteiger partial charge in [-0.05, 0) is 13.8 Å². The van der Waals surface area contributed by atoms with Crippen LogP contribution in [-0.4, -0.2) is 29.0 Å². The Kier molecular flexibility index (Phi) is 1.31. The van der Waals surface area contributed by atoms with Crippen molar-refractivity contribution >= 4 is 12.1 Å². The maximum atomic E-state index is 4.43. The maximum absolute atomic E-state index is 4.43. The van der Waals surface area contributed by atoms with Crippen LogP contribution in [0.2, 0.25) is 0 Å². The van der Waals surface area contributed by atoms with E-state index >= 15 is 0 Å². The Morgan fingerprint density at radius 3 is 3.00 bits per heavy atom. The molecule has 3 nitrogen and oxygen atoms in total. The molecule has 2 aliphatic rings. The van der Waals surface area contributed by atoms with Crippen molar-refractivity contribution in [2.45, 2.75) is 25.9 Å². The molecule has 2 atom stereocenters. The molecule has 0 aliphatic carbocycles. The van der Waals surface area contributed by atoms with Gasteiger partial charge in [0.25, 0.3) is 0 Å². The summed E-state index contributed by atoms with van der Waals surface area (Å²) in [5.74, 6) is 0.993. The van der Waals surface area contributed by atoms with Crippen LogP contribution >= 0.6 is 0 Å². The van der Waals surface area contributed by atoms with Gasteiger partial charge < -0.3 is 4.90 Å². The highest BCUT2D eigenvalue weighted by Crippen LogP contribution is 2.18. The van der Waals surface area contributed by atoms with Crippen LogP contribution in [0.4, 0.5) is 0 Å². The zero-order valence-electron chi connectivity index (χ0n) is 6.73. The summed E-state index contributed by atoms with van der Waals surface area (Å²) in [6.45, 7) is 4.29. The summed E-state index contributed by atoms with van der Waals surface area (Å²) in [5.41, 5.74) is 0. The standard InChI is InChI=1S/C8H11N3/c1-6-7(2)11-4-3-9-5-8(11)10-6/h3-7H,1-2H3. The van der Waals surface area contributed by atoms with Gasteiger partial charge in [0.2, 0.25) is 0 Å². The zero-order chi connectivity index (χ0) is 7.84. The molecule has 0 aromatic carbocycles. The lowest BCUT2D eigenvalue weighted by atomic mass is 10.2. The molecule has 58 valence electrons. The monoisotopic (exact) mass is 149 g/mol. The van der Waals surface area contributed by atoms with E-state index in [4.69, 9.17) is 0 Å². The highest BCUT2D eigenvalue weighted by molar-refractivity contribution is 6.30. The van der Waals surface area contributed by atoms with E-state index in [0.717, 1.165) is 5.84 Å². The van der Waals surface area contributed by atoms with Crippen molar-refractivity contribution in [3.63, 3.8) is 0 Å². The molecule has 2 rings (SSSR count). The highest BCUT2D eigenvalue weighted by atomic mass is 15.3. The fourth-order valence-corrected chi connectivity index (χ4v) is 1.36. The van der Waals surface area contributed by atoms with Gasteiger partial charge in [-0.2, -0.15) is 0 Å². The summed E-state index contributed by atoms with van der Waals surface area (Å²) < 4.78 is 0. The van der Waals surface area contributed by atoms with Crippen LogP contribution in [0.15, 0.2) is 22.4 Å². The molecule has 0 aromatic rings. The van der Waals surface area contributed by atoms with Crippen molar-refractivity contribution in [1.82, 2.24) is 4.90 Å². The van der Waals surface area contributed by atoms with Crippen LogP contribution in [0.5, 0.6) is 0 Å². The summed E-state index contributed by atoms with van der Waals surface area (Å²) in [4.78, 5) is 10.6. The minimum absolute atomic E-state index is 0.388. The molecule has 2 aliphatic heterocycles. The summed E-state index contributed by atoms with van der Waals surface area (Å²) in [7, 11) is 0. The van der Waals surface area contributed by atoms with Crippen LogP contribution in [0, 0.1) is 0 Å². The number of fused-ring (bicyclic) bond motifs is 1. The van der Waals surface area contributed by atoms with E-state index in [9.17, 15) is 0 Å². The fourth-order valence-electron chi connectivity index (χ4n) is 1.36. The van der Waals surface area contributed by atoms with Crippen molar-refractivity contribution in [1.29, 1.82) is 0 Å². The minimum Gasteiger partial charge on any atom is -0.326 e. The minimum atomic E-state index is 0.388. The first-order valence-electron chi connectivity index (χ1n) is 3.85. The van der Waals surface area contributed by atoms with Gasteiger partial charge in [-0.25, -0.2) is 0 Å². The summed E-state index contributed by atoms with van der Waals surface area (Å²) in [5, 5.41) is 0. The molecule has 0 bridgehead atoms. The van der Waals surface area contributed by atoms with E-state index in [-0.39, 0.29) is 0 Å². The molecule has 0 spiro atoms. The number of aliphatic imine (C=N–C) groups is 2. The molecule has 2 unspecified atom stereocenters. The fraction of sp³-hybridized carbons (Fsp3) is 0.500. The molecule has 0 N–H and O–H groups in total. The quantitative estimate of drug-likeness (QED) is 0.505. The SMILES string of the molecule is CC1N=C2C=NC=CN2C1C. The molecule has 0 radical (unpaired) electrons. The molecule has 0 amide bonds. The number of rotatable bonds is 0. The lowest BCUT2D eigenvalue weighted by Gasteiger charge is -2.22. The van der Waals surface area contributed by atoms with Crippen LogP contribution < -0.4 is 0 Å². The lowest BCUT2D eigenvalue weighted by molar-refractivity contribution is 0.421. The average Bonchev–Trinajstić information content (AvgIpc) is 2.30. The second-order valence-electron chi connectivity index (χ2n) is 2.95. The van der Waals surface area contributed by atoms with E-state index in [0.29, 0.717) is 12.1 Å². The maximum Gasteiger partial charge on any atom is 0.147 e. The van der Waals surface area contributed by atoms with Crippen LogP contribution in [0.1, 0.15) is 13.8 Å². The molecular weight excluding hydrogens is 138 g/mol. The molecule has 0 saturated carbocycles. The van der Waals surface area contributed by atoms with Crippen LogP contribution in [0.3, 0.4) is 0 Å². The van der Waals surface area contributed by atoms with E-state index in [2.05, 4.69) is 28.7 Å². The largest absolute Gasteiger partial charge is 0.326 e. The number of hydrogen-bond donors (Lipinski definition) is 0. The summed E-state index contributed by atoms with van der Waals surface area (Å²) in [6, 6.07) is 0.868. The smallest absolute Gasteiger partial charge is 0.147 e. The van der Waals surface area contributed by atoms with Gasteiger partial charge in [0.1, 0.15) is 5.84 Å². The number of nitrogens with zero attached hydrogens (tertiary/aromatic N) is 3. The molecule has 0 aromatic heterocycles. The van der Waals surface area contributed by atoms with E-state index in [1.165, 1.54) is 0 Å². The first-order valence-corrected chi connectivity index (χ1v) is 3.85. The van der Waals surface area contributed by atoms with Gasteiger partial charge >= 0.3 is 0 Å². The third kappa shape index (κ3) is 0.878. The van der Waals surface area contributed by atoms with Gasteiger partial charge in [-0.3, -0.25) is 9.98 Å². The Hall–Kier alpha value is -1.12. The van der Waals surface area contributed by atoms with Gasteiger partial charge in [0, 0.05) is 12.4 Å². The predicted molar refractivity (Wildman–Crippen MR) is 45.8 cm³/mol. The molecule has 2 heterocycles. The summed E-state index contributed by atoms with van der Waals surface area (Å²) in [6.07, 6.45) is 5.58. The zero-order valence-corrected chi connectivity index (χ0v) is 6.73. The second-order valence-corrected chi connectivity index (χ2v) is 2.95. The molecule has 11 heavy (non-hydrogen) atoms. The molecule has 0 fully saturated rings. The van der Waals surface area contributed by atoms with Crippen LogP contribution in [0.25, 0.3) is 0 Å². The topological polar surface area (TPSA) is 28.0 Å². The predicted octanol–water partition coefficient (Wildman–Crippen LogP) is 1.03. The molecular formula is C8H11N3. The van der Waals surface area contributed by atoms with Gasteiger partial charge in [-0.1, -0.05) is 0 Å². The third-order valence-corrected chi connectivity index (χ3v) is 2.24. The number of hydrogen-bond acceptors (Lipinski definition) is 3. The highest BCUT2D eigenvalue weighted by Gasteiger charge is 2.27. The Balaban J connectivity index is 2.32. The van der Waals surface area contributed by atoms with Gasteiger partial charge in [0.05, 0.1) is 18.3 Å². The Morgan fingerprint density at radius 2 is 2.27 bits per heavy atom. The van der Waals surface area contributed by atoms with E-state index in [1.807, 2.05) is 6.20 Å². The van der Waals surface area contributed by atoms with Crippen molar-refractivity contribution in [3.8, 4) is 0 Å². The normalized spacial score (nSPS) is 34.0. The van der Waals surface area contributed by atoms with Crippen molar-refractivity contribution in [2.24, 2.45) is 9.98 Å². The van der Waals surface area contributed by atoms with Crippen LogP contribution in [-0.2, 0) is 0 Å². The number of amidine groups is 1. The third-order valence-electron chi connectivity index (χ3n) is 2.24. The lowest BCUT2D eigenvalue weighted by Crippen LogP contribution is -2.33. The van der Waals surface area contributed by atoms with E-state index in [1.54, 1.807) is 12.4 Å². The van der Waals surface area contributed by atoms with Crippen molar-refractivity contribution < 1.29 is 0 Å². The first-order chi connectivity index (χ1) is 5.29. The van der Waals surface area contributed by atoms with Gasteiger partial charge in [-0.15, -0.1) is 0 Å². The molecule has 3 heteroatoms. The van der Waals surface area contributed by atoms with Crippen molar-refractivity contribution in [3.05, 3.63) is 12.4 Å². The first kappa shape index (κ1) is 6.58. The Bertz CT molecular complexity index is 252.